The van der Waals surface area contributed by atoms with Gasteiger partial charge >= 0.3 is 5.69 Å². The molecule has 0 aliphatic heterocycles. The molecule has 1 N–H and O–H groups in total. The molecule has 0 unspecified atom stereocenters. The minimum Gasteiger partial charge on any atom is -0.354 e. The Labute approximate surface area is 132 Å². The molecule has 0 radical (unpaired) electrons. The summed E-state index contributed by atoms with van der Waals surface area (Å²) in [6.07, 6.45) is 2.94. The number of carbonyl (C=O) groups is 1. The normalized spacial score (nSPS) is 10.6. The van der Waals surface area contributed by atoms with Crippen LogP contribution in [-0.2, 0) is 17.9 Å². The summed E-state index contributed by atoms with van der Waals surface area (Å²) in [6.45, 7) is 5.23. The maximum Gasteiger partial charge on any atom is 0.347 e. The van der Waals surface area contributed by atoms with Crippen LogP contribution in [0.3, 0.4) is 0 Å². The van der Waals surface area contributed by atoms with E-state index in [1.54, 1.807) is 6.07 Å². The van der Waals surface area contributed by atoms with E-state index in [0.717, 1.165) is 17.5 Å². The van der Waals surface area contributed by atoms with Crippen LogP contribution in [-0.4, -0.2) is 42.5 Å². The van der Waals surface area contributed by atoms with Gasteiger partial charge in [-0.1, -0.05) is 11.8 Å². The minimum atomic E-state index is -0.432. The fourth-order valence-electron chi connectivity index (χ4n) is 1.88. The molecule has 2 heterocycles. The Hall–Kier alpha value is -2.16. The van der Waals surface area contributed by atoms with Gasteiger partial charge in [0.2, 0.25) is 5.91 Å². The topological polar surface area (TPSA) is 94.7 Å². The number of aromatic nitrogens is 5. The number of carbonyl (C=O) groups excluding carboxylic acids is 1. The predicted octanol–water partition coefficient (Wildman–Crippen LogP) is 0.0716. The van der Waals surface area contributed by atoms with Crippen LogP contribution in [0.15, 0.2) is 28.4 Å². The van der Waals surface area contributed by atoms with Crippen molar-refractivity contribution in [3.8, 4) is 0 Å². The van der Waals surface area contributed by atoms with E-state index < -0.39 is 5.69 Å². The highest BCUT2D eigenvalue weighted by molar-refractivity contribution is 7.99. The van der Waals surface area contributed by atoms with Gasteiger partial charge in [-0.15, -0.1) is 10.2 Å². The van der Waals surface area contributed by atoms with Crippen molar-refractivity contribution in [2.45, 2.75) is 32.1 Å². The van der Waals surface area contributed by atoms with E-state index in [4.69, 9.17) is 0 Å². The van der Waals surface area contributed by atoms with Crippen molar-refractivity contribution in [3.63, 3.8) is 0 Å². The molecule has 8 nitrogen and oxygen atoms in total. The van der Waals surface area contributed by atoms with Crippen molar-refractivity contribution >= 4 is 17.7 Å². The third-order valence-corrected chi connectivity index (χ3v) is 3.94. The Kier molecular flexibility index (Phi) is 5.70. The van der Waals surface area contributed by atoms with E-state index >= 15 is 0 Å². The third-order valence-electron chi connectivity index (χ3n) is 2.97. The van der Waals surface area contributed by atoms with Crippen LogP contribution in [0.2, 0.25) is 0 Å². The fourth-order valence-corrected chi connectivity index (χ4v) is 2.79. The zero-order valence-electron chi connectivity index (χ0n) is 12.5. The van der Waals surface area contributed by atoms with Gasteiger partial charge < -0.3 is 9.88 Å². The molecule has 0 aliphatic rings. The van der Waals surface area contributed by atoms with Crippen LogP contribution < -0.4 is 11.0 Å². The van der Waals surface area contributed by atoms with E-state index in [9.17, 15) is 9.59 Å². The number of rotatable bonds is 7. The van der Waals surface area contributed by atoms with Crippen molar-refractivity contribution in [3.05, 3.63) is 34.8 Å². The maximum absolute atomic E-state index is 11.8. The molecule has 118 valence electrons. The SMILES string of the molecule is CCn1c(C)nnc1SCCNC(=O)Cn1cccnc1=O. The molecule has 2 rings (SSSR count). The lowest BCUT2D eigenvalue weighted by molar-refractivity contribution is -0.121. The van der Waals surface area contributed by atoms with Gasteiger partial charge in [0.15, 0.2) is 5.16 Å². The number of thioether (sulfide) groups is 1. The van der Waals surface area contributed by atoms with Crippen molar-refractivity contribution in [1.29, 1.82) is 0 Å². The second-order valence-electron chi connectivity index (χ2n) is 4.50. The van der Waals surface area contributed by atoms with Crippen LogP contribution in [0.5, 0.6) is 0 Å². The largest absolute Gasteiger partial charge is 0.354 e. The van der Waals surface area contributed by atoms with Gasteiger partial charge in [-0.05, 0) is 19.9 Å². The monoisotopic (exact) mass is 322 g/mol. The van der Waals surface area contributed by atoms with E-state index in [1.807, 2.05) is 18.4 Å². The summed E-state index contributed by atoms with van der Waals surface area (Å²) in [5.74, 6) is 1.35. The first kappa shape index (κ1) is 16.2. The van der Waals surface area contributed by atoms with Crippen LogP contribution in [0.4, 0.5) is 0 Å². The lowest BCUT2D eigenvalue weighted by atomic mass is 10.5. The molecule has 9 heteroatoms. The molecular weight excluding hydrogens is 304 g/mol. The summed E-state index contributed by atoms with van der Waals surface area (Å²) >= 11 is 1.54. The lowest BCUT2D eigenvalue weighted by Crippen LogP contribution is -2.33. The van der Waals surface area contributed by atoms with Crippen LogP contribution in [0.25, 0.3) is 0 Å². The highest BCUT2D eigenvalue weighted by atomic mass is 32.2. The van der Waals surface area contributed by atoms with Gasteiger partial charge in [0.25, 0.3) is 0 Å². The quantitative estimate of drug-likeness (QED) is 0.573. The van der Waals surface area contributed by atoms with Crippen LogP contribution in [0, 0.1) is 6.92 Å². The van der Waals surface area contributed by atoms with E-state index in [0.29, 0.717) is 12.3 Å². The van der Waals surface area contributed by atoms with Crippen LogP contribution in [0.1, 0.15) is 12.7 Å². The molecule has 22 heavy (non-hydrogen) atoms. The van der Waals surface area contributed by atoms with Gasteiger partial charge in [-0.2, -0.15) is 0 Å². The standard InChI is InChI=1S/C13H18N6O2S/c1-3-19-10(2)16-17-13(19)22-8-6-14-11(20)9-18-7-4-5-15-12(18)21/h4-5,7H,3,6,8-9H2,1-2H3,(H,14,20). The Morgan fingerprint density at radius 2 is 2.23 bits per heavy atom. The number of nitrogens with one attached hydrogen (secondary N) is 1. The van der Waals surface area contributed by atoms with Crippen molar-refractivity contribution in [1.82, 2.24) is 29.6 Å². The number of nitrogens with zero attached hydrogens (tertiary/aromatic N) is 5. The Morgan fingerprint density at radius 3 is 2.95 bits per heavy atom. The molecule has 0 saturated heterocycles. The molecule has 0 aliphatic carbocycles. The summed E-state index contributed by atoms with van der Waals surface area (Å²) in [6, 6.07) is 1.62. The summed E-state index contributed by atoms with van der Waals surface area (Å²) in [5, 5.41) is 11.7. The number of aryl methyl sites for hydroxylation is 1. The second kappa shape index (κ2) is 7.74. The third kappa shape index (κ3) is 4.17. The summed E-state index contributed by atoms with van der Waals surface area (Å²) in [4.78, 5) is 26.7. The number of amides is 1. The first-order chi connectivity index (χ1) is 10.6. The van der Waals surface area contributed by atoms with Gasteiger partial charge in [0.1, 0.15) is 12.4 Å². The summed E-state index contributed by atoms with van der Waals surface area (Å²) in [7, 11) is 0. The maximum atomic E-state index is 11.8. The Bertz CT molecular complexity index is 696. The molecule has 0 aromatic carbocycles. The molecule has 0 spiro atoms. The fraction of sp³-hybridized carbons (Fsp3) is 0.462. The number of hydrogen-bond acceptors (Lipinski definition) is 6. The molecule has 2 aromatic heterocycles. The minimum absolute atomic E-state index is 0.0262. The zero-order valence-corrected chi connectivity index (χ0v) is 13.3. The van der Waals surface area contributed by atoms with Gasteiger partial charge in [-0.25, -0.2) is 9.78 Å². The van der Waals surface area contributed by atoms with Crippen molar-refractivity contribution < 1.29 is 4.79 Å². The molecule has 1 amide bonds. The highest BCUT2D eigenvalue weighted by Crippen LogP contribution is 2.15. The zero-order chi connectivity index (χ0) is 15.9. The van der Waals surface area contributed by atoms with Gasteiger partial charge in [0, 0.05) is 31.2 Å². The highest BCUT2D eigenvalue weighted by Gasteiger charge is 2.08. The molecular formula is C13H18N6O2S. The molecule has 0 atom stereocenters. The molecule has 0 fully saturated rings. The van der Waals surface area contributed by atoms with E-state index in [-0.39, 0.29) is 12.5 Å². The Balaban J connectivity index is 1.76. The lowest BCUT2D eigenvalue weighted by Gasteiger charge is -2.07. The smallest absolute Gasteiger partial charge is 0.347 e. The predicted molar refractivity (Wildman–Crippen MR) is 82.7 cm³/mol. The molecule has 2 aromatic rings. The summed E-state index contributed by atoms with van der Waals surface area (Å²) in [5.41, 5.74) is -0.432. The summed E-state index contributed by atoms with van der Waals surface area (Å²) < 4.78 is 3.28. The first-order valence-corrected chi connectivity index (χ1v) is 7.91. The van der Waals surface area contributed by atoms with Crippen molar-refractivity contribution in [2.24, 2.45) is 0 Å². The van der Waals surface area contributed by atoms with Crippen molar-refractivity contribution in [2.75, 3.05) is 12.3 Å². The molecule has 0 saturated carbocycles. The number of hydrogen-bond donors (Lipinski definition) is 1. The van der Waals surface area contributed by atoms with E-state index in [2.05, 4.69) is 20.5 Å². The van der Waals surface area contributed by atoms with Crippen LogP contribution >= 0.6 is 11.8 Å². The van der Waals surface area contributed by atoms with Gasteiger partial charge in [0.05, 0.1) is 0 Å². The second-order valence-corrected chi connectivity index (χ2v) is 5.56. The molecule has 0 bridgehead atoms. The van der Waals surface area contributed by atoms with E-state index in [1.165, 1.54) is 28.7 Å². The Morgan fingerprint density at radius 1 is 1.41 bits per heavy atom. The average molecular weight is 322 g/mol. The first-order valence-electron chi connectivity index (χ1n) is 6.92. The van der Waals surface area contributed by atoms with Gasteiger partial charge in [-0.3, -0.25) is 9.36 Å². The average Bonchev–Trinajstić information content (AvgIpc) is 2.86.